The summed E-state index contributed by atoms with van der Waals surface area (Å²) in [6, 6.07) is 11.9. The number of hydrogen-bond donors (Lipinski definition) is 2. The van der Waals surface area contributed by atoms with E-state index in [0.717, 1.165) is 5.56 Å². The maximum absolute atomic E-state index is 12.6. The Morgan fingerprint density at radius 2 is 1.69 bits per heavy atom. The molecule has 0 aliphatic carbocycles. The van der Waals surface area contributed by atoms with Gasteiger partial charge in [0.15, 0.2) is 17.3 Å². The lowest BCUT2D eigenvalue weighted by atomic mass is 9.90. The molecule has 1 heterocycles. The van der Waals surface area contributed by atoms with E-state index in [4.69, 9.17) is 9.47 Å². The first-order chi connectivity index (χ1) is 14.0. The summed E-state index contributed by atoms with van der Waals surface area (Å²) in [5.41, 5.74) is 2.46. The quantitative estimate of drug-likeness (QED) is 0.635. The summed E-state index contributed by atoms with van der Waals surface area (Å²) in [5, 5.41) is 5.66. The molecular weight excluding hydrogens is 436 g/mol. The first-order valence-electron chi connectivity index (χ1n) is 9.43. The van der Waals surface area contributed by atoms with Crippen molar-refractivity contribution in [3.63, 3.8) is 0 Å². The van der Waals surface area contributed by atoms with E-state index in [2.05, 4.69) is 26.6 Å². The first-order valence-corrected chi connectivity index (χ1v) is 10.2. The zero-order valence-electron chi connectivity index (χ0n) is 16.5. The summed E-state index contributed by atoms with van der Waals surface area (Å²) in [6.07, 6.45) is 0. The molecule has 2 aromatic carbocycles. The summed E-state index contributed by atoms with van der Waals surface area (Å²) >= 11 is 3.57. The van der Waals surface area contributed by atoms with Crippen molar-refractivity contribution < 1.29 is 19.1 Å². The average Bonchev–Trinajstić information content (AvgIpc) is 2.70. The smallest absolute Gasteiger partial charge is 0.320 e. The van der Waals surface area contributed by atoms with Crippen molar-refractivity contribution in [2.75, 3.05) is 13.2 Å². The van der Waals surface area contributed by atoms with Gasteiger partial charge in [-0.1, -0.05) is 46.3 Å². The highest BCUT2D eigenvalue weighted by Gasteiger charge is 2.33. The average molecular weight is 459 g/mol. The van der Waals surface area contributed by atoms with Crippen LogP contribution in [0.25, 0.3) is 5.70 Å². The van der Waals surface area contributed by atoms with Gasteiger partial charge in [-0.3, -0.25) is 4.79 Å². The monoisotopic (exact) mass is 458 g/mol. The van der Waals surface area contributed by atoms with Crippen LogP contribution in [0.15, 0.2) is 52.5 Å². The van der Waals surface area contributed by atoms with Gasteiger partial charge in [0.25, 0.3) is 0 Å². The first kappa shape index (κ1) is 20.9. The van der Waals surface area contributed by atoms with Gasteiger partial charge < -0.3 is 20.1 Å². The third-order valence-corrected chi connectivity index (χ3v) is 5.17. The van der Waals surface area contributed by atoms with Crippen molar-refractivity contribution in [2.24, 2.45) is 0 Å². The number of benzene rings is 2. The standard InChI is InChI=1S/C22H23BrN2O4/c1-4-28-17-11-15(16(23)12-18(17)29-5-2)21-19(13(3)26)20(24-22(27)25-21)14-9-7-6-8-10-14/h6-12,21H,4-5H2,1-3H3,(H2,24,25,27)/t21-/m1/s1. The predicted octanol–water partition coefficient (Wildman–Crippen LogP) is 4.60. The molecule has 29 heavy (non-hydrogen) atoms. The second-order valence-corrected chi connectivity index (χ2v) is 7.28. The molecule has 1 atom stereocenters. The summed E-state index contributed by atoms with van der Waals surface area (Å²) in [7, 11) is 0. The highest BCUT2D eigenvalue weighted by molar-refractivity contribution is 9.10. The van der Waals surface area contributed by atoms with Crippen LogP contribution in [-0.4, -0.2) is 25.0 Å². The van der Waals surface area contributed by atoms with Gasteiger partial charge in [-0.25, -0.2) is 4.79 Å². The zero-order valence-corrected chi connectivity index (χ0v) is 18.1. The molecule has 1 aliphatic heterocycles. The van der Waals surface area contributed by atoms with Gasteiger partial charge in [-0.2, -0.15) is 0 Å². The SMILES string of the molecule is CCOc1cc(Br)c([C@H]2NC(=O)NC(c3ccccc3)=C2C(C)=O)cc1OCC. The highest BCUT2D eigenvalue weighted by Crippen LogP contribution is 2.40. The van der Waals surface area contributed by atoms with Gasteiger partial charge in [0.1, 0.15) is 0 Å². The van der Waals surface area contributed by atoms with E-state index in [0.29, 0.717) is 46.0 Å². The lowest BCUT2D eigenvalue weighted by Gasteiger charge is -2.30. The third-order valence-electron chi connectivity index (χ3n) is 4.49. The predicted molar refractivity (Wildman–Crippen MR) is 115 cm³/mol. The van der Waals surface area contributed by atoms with Crippen LogP contribution in [0.2, 0.25) is 0 Å². The maximum atomic E-state index is 12.6. The summed E-state index contributed by atoms with van der Waals surface area (Å²) in [5.74, 6) is 1.02. The Labute approximate surface area is 178 Å². The summed E-state index contributed by atoms with van der Waals surface area (Å²) in [4.78, 5) is 25.1. The molecule has 6 nitrogen and oxygen atoms in total. The maximum Gasteiger partial charge on any atom is 0.320 e. The van der Waals surface area contributed by atoms with E-state index in [1.54, 1.807) is 12.1 Å². The van der Waals surface area contributed by atoms with Gasteiger partial charge in [0, 0.05) is 10.0 Å². The third kappa shape index (κ3) is 4.45. The molecule has 2 aromatic rings. The molecular formula is C22H23BrN2O4. The van der Waals surface area contributed by atoms with Crippen molar-refractivity contribution in [1.82, 2.24) is 10.6 Å². The fraction of sp³-hybridized carbons (Fsp3) is 0.273. The van der Waals surface area contributed by atoms with Crippen LogP contribution in [-0.2, 0) is 4.79 Å². The highest BCUT2D eigenvalue weighted by atomic mass is 79.9. The minimum atomic E-state index is -0.638. The molecule has 0 unspecified atom stereocenters. The molecule has 1 aliphatic rings. The fourth-order valence-corrected chi connectivity index (χ4v) is 3.87. The molecule has 3 rings (SSSR count). The van der Waals surface area contributed by atoms with Gasteiger partial charge in [0.05, 0.1) is 25.0 Å². The fourth-order valence-electron chi connectivity index (χ4n) is 3.32. The number of Topliss-reactive ketones (excluding diaryl/α,β-unsaturated/α-hetero) is 1. The molecule has 0 saturated carbocycles. The molecule has 0 aromatic heterocycles. The van der Waals surface area contributed by atoms with Crippen LogP contribution in [0.3, 0.4) is 0 Å². The van der Waals surface area contributed by atoms with Gasteiger partial charge in [-0.05, 0) is 44.0 Å². The van der Waals surface area contributed by atoms with E-state index in [1.807, 2.05) is 44.2 Å². The molecule has 0 spiro atoms. The van der Waals surface area contributed by atoms with Gasteiger partial charge >= 0.3 is 6.03 Å². The number of amides is 2. The lowest BCUT2D eigenvalue weighted by molar-refractivity contribution is -0.113. The Balaban J connectivity index is 2.19. The van der Waals surface area contributed by atoms with Crippen LogP contribution < -0.4 is 20.1 Å². The number of urea groups is 1. The van der Waals surface area contributed by atoms with E-state index in [1.165, 1.54) is 6.92 Å². The van der Waals surface area contributed by atoms with E-state index in [-0.39, 0.29) is 11.8 Å². The lowest BCUT2D eigenvalue weighted by Crippen LogP contribution is -2.44. The second kappa shape index (κ2) is 9.13. The van der Waals surface area contributed by atoms with Crippen molar-refractivity contribution in [1.29, 1.82) is 0 Å². The molecule has 0 saturated heterocycles. The Bertz CT molecular complexity index is 957. The number of ether oxygens (including phenoxy) is 2. The Kier molecular flexibility index (Phi) is 6.59. The number of hydrogen-bond acceptors (Lipinski definition) is 4. The minimum Gasteiger partial charge on any atom is -0.490 e. The van der Waals surface area contributed by atoms with Crippen molar-refractivity contribution in [3.8, 4) is 11.5 Å². The van der Waals surface area contributed by atoms with Crippen LogP contribution in [0.5, 0.6) is 11.5 Å². The van der Waals surface area contributed by atoms with Crippen LogP contribution in [0.1, 0.15) is 37.9 Å². The summed E-state index contributed by atoms with van der Waals surface area (Å²) in [6.45, 7) is 6.24. The largest absolute Gasteiger partial charge is 0.490 e. The number of halogens is 1. The Morgan fingerprint density at radius 3 is 2.28 bits per heavy atom. The van der Waals surface area contributed by atoms with Gasteiger partial charge in [-0.15, -0.1) is 0 Å². The van der Waals surface area contributed by atoms with E-state index < -0.39 is 6.04 Å². The molecule has 2 amide bonds. The number of carbonyl (C=O) groups excluding carboxylic acids is 2. The number of ketones is 1. The van der Waals surface area contributed by atoms with Gasteiger partial charge in [0.2, 0.25) is 0 Å². The molecule has 7 heteroatoms. The summed E-state index contributed by atoms with van der Waals surface area (Å²) < 4.78 is 12.1. The Morgan fingerprint density at radius 1 is 1.07 bits per heavy atom. The van der Waals surface area contributed by atoms with Crippen LogP contribution in [0.4, 0.5) is 4.79 Å². The van der Waals surface area contributed by atoms with Crippen LogP contribution >= 0.6 is 15.9 Å². The van der Waals surface area contributed by atoms with Crippen molar-refractivity contribution >= 4 is 33.4 Å². The normalized spacial score (nSPS) is 16.1. The minimum absolute atomic E-state index is 0.139. The second-order valence-electron chi connectivity index (χ2n) is 6.43. The number of nitrogens with one attached hydrogen (secondary N) is 2. The molecule has 2 N–H and O–H groups in total. The topological polar surface area (TPSA) is 76.7 Å². The molecule has 0 radical (unpaired) electrons. The number of carbonyl (C=O) groups is 2. The zero-order chi connectivity index (χ0) is 21.0. The Hall–Kier alpha value is -2.80. The van der Waals surface area contributed by atoms with E-state index >= 15 is 0 Å². The molecule has 152 valence electrons. The van der Waals surface area contributed by atoms with Crippen molar-refractivity contribution in [3.05, 3.63) is 63.6 Å². The number of rotatable bonds is 7. The van der Waals surface area contributed by atoms with E-state index in [9.17, 15) is 9.59 Å². The molecule has 0 bridgehead atoms. The van der Waals surface area contributed by atoms with Crippen molar-refractivity contribution in [2.45, 2.75) is 26.8 Å². The van der Waals surface area contributed by atoms with Crippen LogP contribution in [0, 0.1) is 0 Å². The molecule has 0 fully saturated rings.